The van der Waals surface area contributed by atoms with Gasteiger partial charge in [-0.25, -0.2) is 0 Å². The number of nitrogens with one attached hydrogen (secondary N) is 1. The van der Waals surface area contributed by atoms with E-state index in [-0.39, 0.29) is 12.4 Å². The Bertz CT molecular complexity index is 50.3. The van der Waals surface area contributed by atoms with Crippen LogP contribution in [0.25, 0.3) is 0 Å². The highest BCUT2D eigenvalue weighted by Gasteiger charge is 1.90. The van der Waals surface area contributed by atoms with Crippen LogP contribution < -0.4 is 5.32 Å². The van der Waals surface area contributed by atoms with Gasteiger partial charge in [-0.05, 0) is 19.5 Å². The fourth-order valence-corrected chi connectivity index (χ4v) is 0.617. The molecule has 1 atom stereocenters. The van der Waals surface area contributed by atoms with Gasteiger partial charge in [0, 0.05) is 5.25 Å². The number of hydrogen-bond donors (Lipinski definition) is 2. The Hall–Kier alpha value is 0.600. The van der Waals surface area contributed by atoms with Crippen molar-refractivity contribution in [1.82, 2.24) is 5.32 Å². The Labute approximate surface area is 69.4 Å². The first kappa shape index (κ1) is 12.3. The van der Waals surface area contributed by atoms with Crippen molar-refractivity contribution in [2.24, 2.45) is 0 Å². The second-order valence-electron chi connectivity index (χ2n) is 1.99. The summed E-state index contributed by atoms with van der Waals surface area (Å²) in [5, 5.41) is 3.77. The Balaban J connectivity index is 0. The highest BCUT2D eigenvalue weighted by molar-refractivity contribution is 7.80. The maximum atomic E-state index is 4.23. The van der Waals surface area contributed by atoms with Crippen molar-refractivity contribution in [2.75, 3.05) is 13.1 Å². The molecule has 0 saturated heterocycles. The molecule has 0 aliphatic heterocycles. The third-order valence-corrected chi connectivity index (χ3v) is 1.25. The standard InChI is InChI=1S/C6H15NS.ClH/c1-3-7-5-4-6(2)8;/h6-8H,3-5H2,1-2H3;1H. The van der Waals surface area contributed by atoms with Gasteiger partial charge in [-0.3, -0.25) is 0 Å². The molecule has 0 amide bonds. The molecule has 0 aromatic rings. The molecule has 0 aromatic heterocycles. The van der Waals surface area contributed by atoms with Gasteiger partial charge >= 0.3 is 0 Å². The lowest BCUT2D eigenvalue weighted by atomic mass is 10.3. The molecule has 3 heteroatoms. The molecule has 9 heavy (non-hydrogen) atoms. The smallest absolute Gasteiger partial charge is 0.0000480 e. The predicted molar refractivity (Wildman–Crippen MR) is 48.9 cm³/mol. The van der Waals surface area contributed by atoms with E-state index in [1.54, 1.807) is 0 Å². The summed E-state index contributed by atoms with van der Waals surface area (Å²) in [6, 6.07) is 0. The van der Waals surface area contributed by atoms with E-state index in [1.807, 2.05) is 0 Å². The van der Waals surface area contributed by atoms with Crippen LogP contribution in [0.5, 0.6) is 0 Å². The Morgan fingerprint density at radius 3 is 2.44 bits per heavy atom. The summed E-state index contributed by atoms with van der Waals surface area (Å²) in [5.41, 5.74) is 0. The van der Waals surface area contributed by atoms with Gasteiger partial charge in [0.2, 0.25) is 0 Å². The molecule has 0 rings (SSSR count). The van der Waals surface area contributed by atoms with Gasteiger partial charge in [0.05, 0.1) is 0 Å². The quantitative estimate of drug-likeness (QED) is 0.483. The molecule has 0 aliphatic rings. The van der Waals surface area contributed by atoms with E-state index in [4.69, 9.17) is 0 Å². The van der Waals surface area contributed by atoms with E-state index in [0.717, 1.165) is 19.5 Å². The fraction of sp³-hybridized carbons (Fsp3) is 1.00. The lowest BCUT2D eigenvalue weighted by molar-refractivity contribution is 0.672. The molecular formula is C6H16ClNS. The van der Waals surface area contributed by atoms with Crippen LogP contribution in [0.4, 0.5) is 0 Å². The van der Waals surface area contributed by atoms with Gasteiger partial charge in [-0.2, -0.15) is 12.6 Å². The van der Waals surface area contributed by atoms with Crippen molar-refractivity contribution < 1.29 is 0 Å². The molecule has 0 radical (unpaired) electrons. The van der Waals surface area contributed by atoms with Crippen molar-refractivity contribution in [2.45, 2.75) is 25.5 Å². The van der Waals surface area contributed by atoms with Crippen LogP contribution >= 0.6 is 25.0 Å². The largest absolute Gasteiger partial charge is 0.317 e. The van der Waals surface area contributed by atoms with Gasteiger partial charge in [0.1, 0.15) is 0 Å². The molecule has 1 unspecified atom stereocenters. The minimum Gasteiger partial charge on any atom is -0.317 e. The number of hydrogen-bond acceptors (Lipinski definition) is 2. The normalized spacial score (nSPS) is 12.3. The van der Waals surface area contributed by atoms with Crippen LogP contribution in [0.1, 0.15) is 20.3 Å². The van der Waals surface area contributed by atoms with E-state index in [9.17, 15) is 0 Å². The Kier molecular flexibility index (Phi) is 11.7. The van der Waals surface area contributed by atoms with E-state index in [2.05, 4.69) is 31.8 Å². The zero-order chi connectivity index (χ0) is 6.41. The molecule has 0 bridgehead atoms. The summed E-state index contributed by atoms with van der Waals surface area (Å²) in [6.07, 6.45) is 1.16. The maximum absolute atomic E-state index is 4.23. The number of rotatable bonds is 4. The maximum Gasteiger partial charge on any atom is 0.0000480 e. The number of halogens is 1. The van der Waals surface area contributed by atoms with E-state index >= 15 is 0 Å². The Morgan fingerprint density at radius 1 is 1.56 bits per heavy atom. The first-order valence-electron chi connectivity index (χ1n) is 3.16. The van der Waals surface area contributed by atoms with Crippen LogP contribution in [0.15, 0.2) is 0 Å². The lowest BCUT2D eigenvalue weighted by Gasteiger charge is -2.02. The zero-order valence-electron chi connectivity index (χ0n) is 6.05. The molecule has 1 N–H and O–H groups in total. The fourth-order valence-electron chi connectivity index (χ4n) is 0.488. The highest BCUT2D eigenvalue weighted by Crippen LogP contribution is 1.95. The van der Waals surface area contributed by atoms with Crippen LogP contribution in [-0.4, -0.2) is 18.3 Å². The average Bonchev–Trinajstić information content (AvgIpc) is 1.66. The molecule has 0 spiro atoms. The van der Waals surface area contributed by atoms with Gasteiger partial charge in [0.15, 0.2) is 0 Å². The molecule has 1 nitrogen and oxygen atoms in total. The predicted octanol–water partition coefficient (Wildman–Crippen LogP) is 1.73. The van der Waals surface area contributed by atoms with Gasteiger partial charge in [0.25, 0.3) is 0 Å². The minimum absolute atomic E-state index is 0. The second kappa shape index (κ2) is 8.60. The van der Waals surface area contributed by atoms with Crippen LogP contribution in [-0.2, 0) is 0 Å². The van der Waals surface area contributed by atoms with Crippen LogP contribution in [0, 0.1) is 0 Å². The molecule has 0 heterocycles. The SMILES string of the molecule is CCNCCC(C)S.Cl. The summed E-state index contributed by atoms with van der Waals surface area (Å²) in [5.74, 6) is 0. The average molecular weight is 170 g/mol. The van der Waals surface area contributed by atoms with Crippen molar-refractivity contribution in [3.8, 4) is 0 Å². The summed E-state index contributed by atoms with van der Waals surface area (Å²) in [7, 11) is 0. The molecular weight excluding hydrogens is 154 g/mol. The van der Waals surface area contributed by atoms with Gasteiger partial charge in [-0.15, -0.1) is 12.4 Å². The Morgan fingerprint density at radius 2 is 2.11 bits per heavy atom. The van der Waals surface area contributed by atoms with E-state index < -0.39 is 0 Å². The molecule has 0 fully saturated rings. The van der Waals surface area contributed by atoms with E-state index in [1.165, 1.54) is 0 Å². The lowest BCUT2D eigenvalue weighted by Crippen LogP contribution is -2.16. The third kappa shape index (κ3) is 11.9. The zero-order valence-corrected chi connectivity index (χ0v) is 7.77. The van der Waals surface area contributed by atoms with Crippen LogP contribution in [0.3, 0.4) is 0 Å². The van der Waals surface area contributed by atoms with Crippen molar-refractivity contribution >= 4 is 25.0 Å². The topological polar surface area (TPSA) is 12.0 Å². The molecule has 0 aromatic carbocycles. The summed E-state index contributed by atoms with van der Waals surface area (Å²) in [4.78, 5) is 0. The second-order valence-corrected chi connectivity index (χ2v) is 2.87. The van der Waals surface area contributed by atoms with Gasteiger partial charge in [-0.1, -0.05) is 13.8 Å². The van der Waals surface area contributed by atoms with Crippen molar-refractivity contribution in [3.63, 3.8) is 0 Å². The van der Waals surface area contributed by atoms with E-state index in [0.29, 0.717) is 5.25 Å². The summed E-state index contributed by atoms with van der Waals surface area (Å²) < 4.78 is 0. The van der Waals surface area contributed by atoms with Gasteiger partial charge < -0.3 is 5.32 Å². The van der Waals surface area contributed by atoms with Crippen molar-refractivity contribution in [1.29, 1.82) is 0 Å². The molecule has 0 aliphatic carbocycles. The summed E-state index contributed by atoms with van der Waals surface area (Å²) in [6.45, 7) is 6.39. The molecule has 58 valence electrons. The summed E-state index contributed by atoms with van der Waals surface area (Å²) >= 11 is 4.23. The monoisotopic (exact) mass is 169 g/mol. The first-order valence-corrected chi connectivity index (χ1v) is 3.67. The van der Waals surface area contributed by atoms with Crippen molar-refractivity contribution in [3.05, 3.63) is 0 Å². The number of thiol groups is 1. The highest BCUT2D eigenvalue weighted by atomic mass is 35.5. The third-order valence-electron chi connectivity index (χ3n) is 0.989. The first-order chi connectivity index (χ1) is 3.77. The molecule has 0 saturated carbocycles. The van der Waals surface area contributed by atoms with Crippen LogP contribution in [0.2, 0.25) is 0 Å². The minimum atomic E-state index is 0.